The third-order valence-corrected chi connectivity index (χ3v) is 3.63. The largest absolute Gasteiger partial charge is 0.360 e. The Balaban J connectivity index is 0.000000948. The molecule has 0 atom stereocenters. The van der Waals surface area contributed by atoms with Gasteiger partial charge in [-0.15, -0.1) is 0 Å². The molecule has 0 bridgehead atoms. The average Bonchev–Trinajstić information content (AvgIpc) is 3.15. The van der Waals surface area contributed by atoms with E-state index in [0.29, 0.717) is 6.42 Å². The minimum absolute atomic E-state index is 0.235. The van der Waals surface area contributed by atoms with Crippen molar-refractivity contribution in [1.82, 2.24) is 4.98 Å². The zero-order valence-corrected chi connectivity index (χ0v) is 17.1. The number of nitrogens with one attached hydrogen (secondary N) is 1. The van der Waals surface area contributed by atoms with Gasteiger partial charge in [-0.1, -0.05) is 76.2 Å². The summed E-state index contributed by atoms with van der Waals surface area (Å²) in [7, 11) is 1.50. The van der Waals surface area contributed by atoms with Crippen LogP contribution in [-0.4, -0.2) is 17.8 Å². The third kappa shape index (κ3) is 6.49. The van der Waals surface area contributed by atoms with Crippen LogP contribution in [0.15, 0.2) is 54.7 Å². The van der Waals surface area contributed by atoms with Gasteiger partial charge in [0, 0.05) is 23.6 Å². The second-order valence-corrected chi connectivity index (χ2v) is 5.11. The van der Waals surface area contributed by atoms with Crippen molar-refractivity contribution in [3.05, 3.63) is 60.3 Å². The molecule has 3 heteroatoms. The zero-order chi connectivity index (χ0) is 19.9. The fourth-order valence-corrected chi connectivity index (χ4v) is 2.59. The summed E-state index contributed by atoms with van der Waals surface area (Å²) in [6.07, 6.45) is 3.43. The van der Waals surface area contributed by atoms with Gasteiger partial charge in [-0.3, -0.25) is 0 Å². The third-order valence-electron chi connectivity index (χ3n) is 3.63. The number of hydrogen-bond donors (Lipinski definition) is 2. The normalized spacial score (nSPS) is 9.04. The highest BCUT2D eigenvalue weighted by Gasteiger charge is 2.09. The van der Waals surface area contributed by atoms with Crippen molar-refractivity contribution in [2.24, 2.45) is 5.73 Å². The van der Waals surface area contributed by atoms with E-state index in [4.69, 9.17) is 0 Å². The summed E-state index contributed by atoms with van der Waals surface area (Å²) in [5.41, 5.74) is 9.28. The van der Waals surface area contributed by atoms with E-state index in [1.54, 1.807) is 6.92 Å². The van der Waals surface area contributed by atoms with Gasteiger partial charge in [-0.25, -0.2) is 0 Å². The van der Waals surface area contributed by atoms with E-state index in [0.717, 1.165) is 11.9 Å². The predicted molar refractivity (Wildman–Crippen MR) is 116 cm³/mol. The molecule has 0 radical (unpaired) electrons. The Hall–Kier alpha value is -2.39. The topological polar surface area (TPSA) is 58.9 Å². The average molecular weight is 355 g/mol. The second kappa shape index (κ2) is 13.9. The molecule has 3 N–H and O–H groups in total. The van der Waals surface area contributed by atoms with E-state index in [1.807, 2.05) is 52.1 Å². The molecule has 0 saturated heterocycles. The first-order valence-electron chi connectivity index (χ1n) is 9.47. The number of benzene rings is 2. The van der Waals surface area contributed by atoms with Gasteiger partial charge in [-0.05, 0) is 31.5 Å². The summed E-state index contributed by atoms with van der Waals surface area (Å²) in [5, 5.41) is 1.22. The molecular formula is C23H34N2O. The summed E-state index contributed by atoms with van der Waals surface area (Å²) in [5.74, 6) is 0.235. The molecule has 3 nitrogen and oxygen atoms in total. The molecule has 0 saturated carbocycles. The molecule has 0 aliphatic rings. The van der Waals surface area contributed by atoms with Crippen LogP contribution in [0.4, 0.5) is 0 Å². The summed E-state index contributed by atoms with van der Waals surface area (Å²) >= 11 is 0. The maximum Gasteiger partial charge on any atom is 0.130 e. The van der Waals surface area contributed by atoms with E-state index in [1.165, 1.54) is 29.1 Å². The number of carbonyl (C=O) groups is 1. The van der Waals surface area contributed by atoms with Crippen LogP contribution in [-0.2, 0) is 11.2 Å². The number of para-hydroxylation sites is 1. The van der Waals surface area contributed by atoms with Gasteiger partial charge in [0.2, 0.25) is 0 Å². The summed E-state index contributed by atoms with van der Waals surface area (Å²) in [6, 6.07) is 16.7. The Morgan fingerprint density at radius 3 is 2.12 bits per heavy atom. The van der Waals surface area contributed by atoms with Gasteiger partial charge in [0.25, 0.3) is 0 Å². The Morgan fingerprint density at radius 1 is 0.923 bits per heavy atom. The van der Waals surface area contributed by atoms with Crippen LogP contribution in [0.5, 0.6) is 0 Å². The van der Waals surface area contributed by atoms with Crippen LogP contribution in [0.25, 0.3) is 22.0 Å². The summed E-state index contributed by atoms with van der Waals surface area (Å²) in [6.45, 7) is 9.64. The Bertz CT molecular complexity index is 745. The highest BCUT2D eigenvalue weighted by Crippen LogP contribution is 2.30. The van der Waals surface area contributed by atoms with Crippen LogP contribution >= 0.6 is 0 Å². The minimum atomic E-state index is 0.235. The number of aromatic amines is 1. The van der Waals surface area contributed by atoms with E-state index in [-0.39, 0.29) is 5.78 Å². The summed E-state index contributed by atoms with van der Waals surface area (Å²) < 4.78 is 0. The van der Waals surface area contributed by atoms with Crippen LogP contribution in [0.3, 0.4) is 0 Å². The lowest BCUT2D eigenvalue weighted by Crippen LogP contribution is -1.92. The standard InChI is InChI=1S/C18H17NO.2C2H6.CH5N/c1-13(20)10-11-15-12-19-18-16(8-5-9-17(15)18)14-6-3-2-4-7-14;3*1-2/h2-9,12,19H,10-11H2,1H3;2*1-2H3;2H2,1H3. The van der Waals surface area contributed by atoms with Crippen LogP contribution in [0.1, 0.15) is 46.6 Å². The van der Waals surface area contributed by atoms with Gasteiger partial charge in [0.05, 0.1) is 5.52 Å². The van der Waals surface area contributed by atoms with Crippen molar-refractivity contribution >= 4 is 16.7 Å². The highest BCUT2D eigenvalue weighted by atomic mass is 16.1. The van der Waals surface area contributed by atoms with Gasteiger partial charge in [-0.2, -0.15) is 0 Å². The number of rotatable bonds is 4. The molecule has 1 heterocycles. The highest BCUT2D eigenvalue weighted by molar-refractivity contribution is 5.96. The van der Waals surface area contributed by atoms with Crippen LogP contribution in [0.2, 0.25) is 0 Å². The fraction of sp³-hybridized carbons (Fsp3) is 0.348. The minimum Gasteiger partial charge on any atom is -0.360 e. The number of H-pyrrole nitrogens is 1. The molecule has 0 spiro atoms. The second-order valence-electron chi connectivity index (χ2n) is 5.11. The molecular weight excluding hydrogens is 320 g/mol. The number of fused-ring (bicyclic) bond motifs is 1. The molecule has 142 valence electrons. The van der Waals surface area contributed by atoms with E-state index in [2.05, 4.69) is 41.0 Å². The predicted octanol–water partition coefficient (Wildman–Crippen LogP) is 5.98. The number of nitrogens with two attached hydrogens (primary N) is 1. The zero-order valence-electron chi connectivity index (χ0n) is 17.1. The Labute approximate surface area is 158 Å². The number of aryl methyl sites for hydroxylation is 1. The molecule has 2 aromatic carbocycles. The first kappa shape index (κ1) is 23.6. The monoisotopic (exact) mass is 354 g/mol. The van der Waals surface area contributed by atoms with Gasteiger partial charge in [0.15, 0.2) is 0 Å². The smallest absolute Gasteiger partial charge is 0.130 e. The first-order valence-corrected chi connectivity index (χ1v) is 9.47. The number of Topliss-reactive ketones (excluding diaryl/α,β-unsaturated/α-hetero) is 1. The lowest BCUT2D eigenvalue weighted by molar-refractivity contribution is -0.116. The van der Waals surface area contributed by atoms with Crippen molar-refractivity contribution in [2.75, 3.05) is 7.05 Å². The lowest BCUT2D eigenvalue weighted by Gasteiger charge is -2.04. The van der Waals surface area contributed by atoms with E-state index < -0.39 is 0 Å². The maximum absolute atomic E-state index is 11.2. The lowest BCUT2D eigenvalue weighted by atomic mass is 10.0. The van der Waals surface area contributed by atoms with Gasteiger partial charge >= 0.3 is 0 Å². The van der Waals surface area contributed by atoms with Gasteiger partial charge in [0.1, 0.15) is 5.78 Å². The van der Waals surface area contributed by atoms with Crippen molar-refractivity contribution < 1.29 is 4.79 Å². The van der Waals surface area contributed by atoms with Crippen LogP contribution in [0, 0.1) is 0 Å². The van der Waals surface area contributed by atoms with E-state index in [9.17, 15) is 4.79 Å². The van der Waals surface area contributed by atoms with Crippen LogP contribution < -0.4 is 5.73 Å². The van der Waals surface area contributed by atoms with Gasteiger partial charge < -0.3 is 15.5 Å². The van der Waals surface area contributed by atoms with Crippen molar-refractivity contribution in [2.45, 2.75) is 47.5 Å². The number of aromatic nitrogens is 1. The molecule has 0 aliphatic carbocycles. The molecule has 0 aliphatic heterocycles. The van der Waals surface area contributed by atoms with Crippen molar-refractivity contribution in [3.8, 4) is 11.1 Å². The SMILES string of the molecule is CC.CC.CC(=O)CCc1c[nH]c2c(-c3ccccc3)cccc12.CN. The molecule has 26 heavy (non-hydrogen) atoms. The van der Waals surface area contributed by atoms with E-state index >= 15 is 0 Å². The molecule has 0 fully saturated rings. The molecule has 0 unspecified atom stereocenters. The van der Waals surface area contributed by atoms with Crippen molar-refractivity contribution in [3.63, 3.8) is 0 Å². The Kier molecular flexibility index (Phi) is 12.6. The Morgan fingerprint density at radius 2 is 1.54 bits per heavy atom. The molecule has 3 rings (SSSR count). The quantitative estimate of drug-likeness (QED) is 0.605. The number of hydrogen-bond acceptors (Lipinski definition) is 2. The molecule has 3 aromatic rings. The number of carbonyl (C=O) groups excluding carboxylic acids is 1. The molecule has 1 aromatic heterocycles. The summed E-state index contributed by atoms with van der Waals surface area (Å²) in [4.78, 5) is 14.5. The van der Waals surface area contributed by atoms with Crippen molar-refractivity contribution in [1.29, 1.82) is 0 Å². The first-order chi connectivity index (χ1) is 12.8. The maximum atomic E-state index is 11.2. The molecule has 0 amide bonds. The number of ketones is 1. The fourth-order valence-electron chi connectivity index (χ4n) is 2.59.